The van der Waals surface area contributed by atoms with E-state index in [2.05, 4.69) is 15.3 Å². The number of hydrogen-bond donors (Lipinski definition) is 1. The van der Waals surface area contributed by atoms with E-state index in [0.29, 0.717) is 28.3 Å². The minimum atomic E-state index is -0.551. The minimum Gasteiger partial charge on any atom is -0.457 e. The van der Waals surface area contributed by atoms with Gasteiger partial charge in [0.1, 0.15) is 17.1 Å². The van der Waals surface area contributed by atoms with Crippen molar-refractivity contribution in [1.82, 2.24) is 15.3 Å². The summed E-state index contributed by atoms with van der Waals surface area (Å²) in [6.45, 7) is 0. The highest BCUT2D eigenvalue weighted by atomic mass is 32.1. The van der Waals surface area contributed by atoms with Gasteiger partial charge in [-0.1, -0.05) is 24.3 Å². The molecule has 8 heteroatoms. The number of nitrogens with zero attached hydrogens (tertiary/aromatic N) is 3. The van der Waals surface area contributed by atoms with Crippen LogP contribution in [0.3, 0.4) is 0 Å². The van der Waals surface area contributed by atoms with Crippen molar-refractivity contribution in [1.29, 1.82) is 0 Å². The molecule has 1 N–H and O–H groups in total. The van der Waals surface area contributed by atoms with E-state index in [0.717, 1.165) is 5.52 Å². The molecule has 0 atom stereocenters. The number of carbonyl (C=O) groups is 2. The third-order valence-corrected chi connectivity index (χ3v) is 5.26. The number of anilines is 1. The second-order valence-electron chi connectivity index (χ2n) is 7.17. The lowest BCUT2D eigenvalue weighted by atomic mass is 10.1. The van der Waals surface area contributed by atoms with Crippen LogP contribution in [0.25, 0.3) is 17.1 Å². The van der Waals surface area contributed by atoms with E-state index < -0.39 is 11.8 Å². The van der Waals surface area contributed by atoms with Crippen molar-refractivity contribution >= 4 is 51.9 Å². The average molecular weight is 452 g/mol. The number of amides is 2. The van der Waals surface area contributed by atoms with E-state index in [1.807, 2.05) is 30.3 Å². The van der Waals surface area contributed by atoms with Crippen molar-refractivity contribution in [3.63, 3.8) is 0 Å². The third-order valence-electron chi connectivity index (χ3n) is 4.98. The lowest BCUT2D eigenvalue weighted by molar-refractivity contribution is -0.122. The Morgan fingerprint density at radius 3 is 2.30 bits per heavy atom. The first kappa shape index (κ1) is 20.5. The number of ether oxygens (including phenoxy) is 1. The van der Waals surface area contributed by atoms with Gasteiger partial charge in [-0.15, -0.1) is 0 Å². The van der Waals surface area contributed by atoms with Crippen molar-refractivity contribution in [2.45, 2.75) is 0 Å². The molecule has 0 radical (unpaired) electrons. The number of rotatable bonds is 4. The number of carbonyl (C=O) groups excluding carboxylic acids is 2. The van der Waals surface area contributed by atoms with Crippen LogP contribution in [-0.2, 0) is 9.59 Å². The zero-order valence-corrected chi connectivity index (χ0v) is 18.0. The van der Waals surface area contributed by atoms with Gasteiger partial charge in [0.05, 0.1) is 16.7 Å². The summed E-state index contributed by atoms with van der Waals surface area (Å²) in [5, 5.41) is 2.61. The van der Waals surface area contributed by atoms with Crippen LogP contribution in [0.15, 0.2) is 90.8 Å². The van der Waals surface area contributed by atoms with E-state index in [-0.39, 0.29) is 10.7 Å². The number of nitrogens with one attached hydrogen (secondary N) is 1. The van der Waals surface area contributed by atoms with Crippen molar-refractivity contribution in [2.75, 3.05) is 4.90 Å². The highest BCUT2D eigenvalue weighted by Gasteiger charge is 2.34. The van der Waals surface area contributed by atoms with Gasteiger partial charge in [-0.3, -0.25) is 29.8 Å². The number of fused-ring (bicyclic) bond motifs is 1. The molecule has 0 unspecified atom stereocenters. The molecule has 2 amide bonds. The molecule has 1 aliphatic heterocycles. The van der Waals surface area contributed by atoms with Gasteiger partial charge in [-0.05, 0) is 72.4 Å². The Morgan fingerprint density at radius 2 is 1.55 bits per heavy atom. The minimum absolute atomic E-state index is 0.0169. The normalized spacial score (nSPS) is 15.1. The summed E-state index contributed by atoms with van der Waals surface area (Å²) in [6, 6.07) is 21.6. The Labute approximate surface area is 194 Å². The number of aromatic nitrogens is 2. The maximum Gasteiger partial charge on any atom is 0.270 e. The summed E-state index contributed by atoms with van der Waals surface area (Å²) in [4.78, 5) is 35.6. The zero-order chi connectivity index (χ0) is 22.8. The van der Waals surface area contributed by atoms with Crippen molar-refractivity contribution < 1.29 is 14.3 Å². The smallest absolute Gasteiger partial charge is 0.270 e. The standard InChI is InChI=1S/C25H16N4O3S/c30-23-20(14-16-6-11-21-22(15-16)27-13-12-26-21)24(31)29(25(33)28-23)17-7-9-19(10-8-17)32-18-4-2-1-3-5-18/h1-15H,(H,28,30,33). The number of para-hydroxylation sites is 1. The van der Waals surface area contributed by atoms with Gasteiger partial charge in [-0.2, -0.15) is 0 Å². The number of benzene rings is 3. The van der Waals surface area contributed by atoms with Gasteiger partial charge < -0.3 is 4.74 Å². The predicted molar refractivity (Wildman–Crippen MR) is 129 cm³/mol. The van der Waals surface area contributed by atoms with Gasteiger partial charge in [0.15, 0.2) is 5.11 Å². The first-order chi connectivity index (χ1) is 16.1. The van der Waals surface area contributed by atoms with Crippen LogP contribution >= 0.6 is 12.2 Å². The summed E-state index contributed by atoms with van der Waals surface area (Å²) >= 11 is 5.28. The molecule has 0 saturated carbocycles. The van der Waals surface area contributed by atoms with Crippen LogP contribution in [0, 0.1) is 0 Å². The average Bonchev–Trinajstić information content (AvgIpc) is 2.83. The molecule has 1 saturated heterocycles. The Morgan fingerprint density at radius 1 is 0.848 bits per heavy atom. The van der Waals surface area contributed by atoms with Gasteiger partial charge in [0.25, 0.3) is 11.8 Å². The highest BCUT2D eigenvalue weighted by molar-refractivity contribution is 7.80. The second-order valence-corrected chi connectivity index (χ2v) is 7.56. The van der Waals surface area contributed by atoms with Gasteiger partial charge in [-0.25, -0.2) is 0 Å². The first-order valence-corrected chi connectivity index (χ1v) is 10.4. The summed E-state index contributed by atoms with van der Waals surface area (Å²) in [7, 11) is 0. The van der Waals surface area contributed by atoms with Crippen molar-refractivity contribution in [3.8, 4) is 11.5 Å². The molecular weight excluding hydrogens is 436 g/mol. The lowest BCUT2D eigenvalue weighted by Gasteiger charge is -2.29. The molecule has 7 nitrogen and oxygen atoms in total. The van der Waals surface area contributed by atoms with Crippen LogP contribution in [0.5, 0.6) is 11.5 Å². The van der Waals surface area contributed by atoms with Gasteiger partial charge in [0, 0.05) is 12.4 Å². The zero-order valence-electron chi connectivity index (χ0n) is 17.1. The topological polar surface area (TPSA) is 84.4 Å². The molecule has 0 spiro atoms. The van der Waals surface area contributed by atoms with Crippen LogP contribution in [0.4, 0.5) is 5.69 Å². The van der Waals surface area contributed by atoms with Crippen LogP contribution in [0.1, 0.15) is 5.56 Å². The summed E-state index contributed by atoms with van der Waals surface area (Å²) in [5.74, 6) is 0.244. The van der Waals surface area contributed by atoms with Crippen molar-refractivity contribution in [2.24, 2.45) is 0 Å². The van der Waals surface area contributed by atoms with Crippen molar-refractivity contribution in [3.05, 3.63) is 96.3 Å². The fraction of sp³-hybridized carbons (Fsp3) is 0. The molecule has 33 heavy (non-hydrogen) atoms. The largest absolute Gasteiger partial charge is 0.457 e. The fourth-order valence-corrected chi connectivity index (χ4v) is 3.70. The molecule has 1 aromatic heterocycles. The maximum absolute atomic E-state index is 13.2. The Bertz CT molecular complexity index is 1420. The molecule has 5 rings (SSSR count). The molecule has 2 heterocycles. The Kier molecular flexibility index (Phi) is 5.34. The van der Waals surface area contributed by atoms with E-state index in [1.165, 1.54) is 11.0 Å². The molecule has 1 fully saturated rings. The predicted octanol–water partition coefficient (Wildman–Crippen LogP) is 4.25. The summed E-state index contributed by atoms with van der Waals surface area (Å²) in [5.41, 5.74) is 2.52. The van der Waals surface area contributed by atoms with Crippen LogP contribution in [0.2, 0.25) is 0 Å². The van der Waals surface area contributed by atoms with Gasteiger partial charge >= 0.3 is 0 Å². The number of thiocarbonyl (C=S) groups is 1. The molecule has 160 valence electrons. The quantitative estimate of drug-likeness (QED) is 0.283. The Balaban J connectivity index is 1.43. The monoisotopic (exact) mass is 452 g/mol. The van der Waals surface area contributed by atoms with E-state index in [9.17, 15) is 9.59 Å². The van der Waals surface area contributed by atoms with E-state index >= 15 is 0 Å². The second kappa shape index (κ2) is 8.60. The SMILES string of the molecule is O=C1NC(=S)N(c2ccc(Oc3ccccc3)cc2)C(=O)C1=Cc1ccc2nccnc2c1. The lowest BCUT2D eigenvalue weighted by Crippen LogP contribution is -2.54. The maximum atomic E-state index is 13.2. The summed E-state index contributed by atoms with van der Waals surface area (Å²) < 4.78 is 5.80. The summed E-state index contributed by atoms with van der Waals surface area (Å²) in [6.07, 6.45) is 4.71. The highest BCUT2D eigenvalue weighted by Crippen LogP contribution is 2.27. The third kappa shape index (κ3) is 4.19. The molecule has 1 aliphatic rings. The molecule has 3 aromatic carbocycles. The van der Waals surface area contributed by atoms with Crippen LogP contribution < -0.4 is 15.0 Å². The molecule has 4 aromatic rings. The Hall–Kier alpha value is -4.43. The van der Waals surface area contributed by atoms with E-state index in [4.69, 9.17) is 17.0 Å². The number of hydrogen-bond acceptors (Lipinski definition) is 6. The molecule has 0 bridgehead atoms. The van der Waals surface area contributed by atoms with E-state index in [1.54, 1.807) is 54.9 Å². The van der Waals surface area contributed by atoms with Gasteiger partial charge in [0.2, 0.25) is 0 Å². The molecule has 0 aliphatic carbocycles. The van der Waals surface area contributed by atoms with Crippen LogP contribution in [-0.4, -0.2) is 26.9 Å². The molecular formula is C25H16N4O3S. The fourth-order valence-electron chi connectivity index (χ4n) is 3.42. The first-order valence-electron chi connectivity index (χ1n) is 10.0.